The van der Waals surface area contributed by atoms with Crippen molar-refractivity contribution in [2.45, 2.75) is 39.8 Å². The van der Waals surface area contributed by atoms with Crippen LogP contribution in [0, 0.1) is 0 Å². The summed E-state index contributed by atoms with van der Waals surface area (Å²) in [5.41, 5.74) is 2.03. The Balaban J connectivity index is 2.36. The van der Waals surface area contributed by atoms with E-state index in [1.807, 2.05) is 19.1 Å². The fourth-order valence-electron chi connectivity index (χ4n) is 1.16. The Morgan fingerprint density at radius 1 is 1.41 bits per heavy atom. The van der Waals surface area contributed by atoms with E-state index >= 15 is 0 Å². The minimum Gasteiger partial charge on any atom is -0.476 e. The van der Waals surface area contributed by atoms with Crippen molar-refractivity contribution >= 4 is 0 Å². The first kappa shape index (κ1) is 13.6. The molecule has 0 saturated heterocycles. The molecule has 0 aromatic carbocycles. The van der Waals surface area contributed by atoms with Gasteiger partial charge < -0.3 is 10.1 Å². The SMILES string of the molecule is C=C(C)CCOc1ccc(CNC(C)C)nn1. The summed E-state index contributed by atoms with van der Waals surface area (Å²) in [6.07, 6.45) is 0.846. The van der Waals surface area contributed by atoms with E-state index in [0.717, 1.165) is 24.2 Å². The first-order valence-corrected chi connectivity index (χ1v) is 5.91. The van der Waals surface area contributed by atoms with Crippen LogP contribution >= 0.6 is 0 Å². The van der Waals surface area contributed by atoms with Gasteiger partial charge in [0, 0.05) is 25.1 Å². The van der Waals surface area contributed by atoms with E-state index in [1.54, 1.807) is 0 Å². The summed E-state index contributed by atoms with van der Waals surface area (Å²) in [6, 6.07) is 4.23. The average molecular weight is 235 g/mol. The quantitative estimate of drug-likeness (QED) is 0.737. The summed E-state index contributed by atoms with van der Waals surface area (Å²) < 4.78 is 5.44. The third-order valence-corrected chi connectivity index (χ3v) is 2.17. The highest BCUT2D eigenvalue weighted by Crippen LogP contribution is 2.06. The van der Waals surface area contributed by atoms with Gasteiger partial charge >= 0.3 is 0 Å². The van der Waals surface area contributed by atoms with Crippen molar-refractivity contribution in [1.82, 2.24) is 15.5 Å². The van der Waals surface area contributed by atoms with Crippen LogP contribution in [0.15, 0.2) is 24.3 Å². The van der Waals surface area contributed by atoms with Crippen LogP contribution in [0.25, 0.3) is 0 Å². The number of hydrogen-bond donors (Lipinski definition) is 1. The van der Waals surface area contributed by atoms with Crippen molar-refractivity contribution in [2.75, 3.05) is 6.61 Å². The highest BCUT2D eigenvalue weighted by atomic mass is 16.5. The minimum absolute atomic E-state index is 0.447. The average Bonchev–Trinajstić information content (AvgIpc) is 2.27. The Bertz CT molecular complexity index is 346. The molecule has 0 aliphatic carbocycles. The zero-order valence-corrected chi connectivity index (χ0v) is 10.9. The van der Waals surface area contributed by atoms with E-state index in [0.29, 0.717) is 18.5 Å². The van der Waals surface area contributed by atoms with Gasteiger partial charge in [-0.1, -0.05) is 19.4 Å². The lowest BCUT2D eigenvalue weighted by Crippen LogP contribution is -2.22. The molecule has 0 aliphatic heterocycles. The fraction of sp³-hybridized carbons (Fsp3) is 0.538. The van der Waals surface area contributed by atoms with Crippen molar-refractivity contribution < 1.29 is 4.74 Å². The van der Waals surface area contributed by atoms with E-state index in [2.05, 4.69) is 35.9 Å². The van der Waals surface area contributed by atoms with Crippen molar-refractivity contribution in [1.29, 1.82) is 0 Å². The van der Waals surface area contributed by atoms with E-state index in [4.69, 9.17) is 4.74 Å². The second-order valence-electron chi connectivity index (χ2n) is 4.45. The van der Waals surface area contributed by atoms with Crippen molar-refractivity contribution in [3.8, 4) is 5.88 Å². The first-order valence-electron chi connectivity index (χ1n) is 5.91. The molecule has 0 aliphatic rings. The molecule has 4 heteroatoms. The van der Waals surface area contributed by atoms with Gasteiger partial charge in [0.1, 0.15) is 0 Å². The van der Waals surface area contributed by atoms with E-state index in [9.17, 15) is 0 Å². The third kappa shape index (κ3) is 6.02. The lowest BCUT2D eigenvalue weighted by atomic mass is 10.3. The highest BCUT2D eigenvalue weighted by molar-refractivity contribution is 5.11. The lowest BCUT2D eigenvalue weighted by molar-refractivity contribution is 0.305. The number of aromatic nitrogens is 2. The minimum atomic E-state index is 0.447. The normalized spacial score (nSPS) is 10.6. The fourth-order valence-corrected chi connectivity index (χ4v) is 1.16. The van der Waals surface area contributed by atoms with E-state index in [1.165, 1.54) is 0 Å². The molecule has 0 atom stereocenters. The molecule has 0 fully saturated rings. The number of rotatable bonds is 7. The van der Waals surface area contributed by atoms with Crippen LogP contribution < -0.4 is 10.1 Å². The Labute approximate surface area is 103 Å². The molecule has 0 spiro atoms. The predicted octanol–water partition coefficient (Wildman–Crippen LogP) is 2.32. The van der Waals surface area contributed by atoms with Gasteiger partial charge in [-0.3, -0.25) is 0 Å². The summed E-state index contributed by atoms with van der Waals surface area (Å²) in [7, 11) is 0. The Kier molecular flexibility index (Phi) is 5.63. The monoisotopic (exact) mass is 235 g/mol. The Morgan fingerprint density at radius 3 is 2.71 bits per heavy atom. The lowest BCUT2D eigenvalue weighted by Gasteiger charge is -2.07. The van der Waals surface area contributed by atoms with Gasteiger partial charge in [-0.25, -0.2) is 0 Å². The summed E-state index contributed by atoms with van der Waals surface area (Å²) in [6.45, 7) is 11.3. The van der Waals surface area contributed by atoms with Crippen LogP contribution in [-0.2, 0) is 6.54 Å². The summed E-state index contributed by atoms with van der Waals surface area (Å²) in [4.78, 5) is 0. The topological polar surface area (TPSA) is 47.0 Å². The molecule has 1 rings (SSSR count). The Morgan fingerprint density at radius 2 is 2.18 bits per heavy atom. The standard InChI is InChI=1S/C13H21N3O/c1-10(2)7-8-17-13-6-5-12(15-16-13)9-14-11(3)4/h5-6,11,14H,1,7-9H2,2-4H3. The van der Waals surface area contributed by atoms with Gasteiger partial charge in [0.2, 0.25) is 5.88 Å². The third-order valence-electron chi connectivity index (χ3n) is 2.17. The van der Waals surface area contributed by atoms with Crippen LogP contribution in [0.5, 0.6) is 5.88 Å². The smallest absolute Gasteiger partial charge is 0.233 e. The molecule has 94 valence electrons. The number of nitrogens with one attached hydrogen (secondary N) is 1. The van der Waals surface area contributed by atoms with Crippen LogP contribution in [0.3, 0.4) is 0 Å². The molecule has 0 saturated carbocycles. The maximum absolute atomic E-state index is 5.44. The molecule has 0 unspecified atom stereocenters. The maximum atomic E-state index is 5.44. The molecule has 1 aromatic rings. The summed E-state index contributed by atoms with van der Waals surface area (Å²) in [5.74, 6) is 0.569. The summed E-state index contributed by atoms with van der Waals surface area (Å²) in [5, 5.41) is 11.4. The maximum Gasteiger partial charge on any atom is 0.233 e. The van der Waals surface area contributed by atoms with Gasteiger partial charge in [0.15, 0.2) is 0 Å². The van der Waals surface area contributed by atoms with Crippen molar-refractivity contribution in [2.24, 2.45) is 0 Å². The van der Waals surface area contributed by atoms with Gasteiger partial charge in [-0.15, -0.1) is 11.7 Å². The molecule has 0 bridgehead atoms. The number of nitrogens with zero attached hydrogens (tertiary/aromatic N) is 2. The van der Waals surface area contributed by atoms with E-state index < -0.39 is 0 Å². The Hall–Kier alpha value is -1.42. The molecular weight excluding hydrogens is 214 g/mol. The molecule has 1 N–H and O–H groups in total. The zero-order valence-electron chi connectivity index (χ0n) is 10.9. The molecule has 1 aromatic heterocycles. The van der Waals surface area contributed by atoms with Gasteiger partial charge in [0.05, 0.1) is 12.3 Å². The van der Waals surface area contributed by atoms with Crippen LogP contribution in [-0.4, -0.2) is 22.8 Å². The highest BCUT2D eigenvalue weighted by Gasteiger charge is 2.00. The van der Waals surface area contributed by atoms with Gasteiger partial charge in [-0.2, -0.15) is 5.10 Å². The molecular formula is C13H21N3O. The van der Waals surface area contributed by atoms with Crippen LogP contribution in [0.1, 0.15) is 32.9 Å². The molecule has 1 heterocycles. The number of ether oxygens (including phenoxy) is 1. The molecule has 0 amide bonds. The zero-order chi connectivity index (χ0) is 12.7. The van der Waals surface area contributed by atoms with Crippen LogP contribution in [0.4, 0.5) is 0 Å². The summed E-state index contributed by atoms with van der Waals surface area (Å²) >= 11 is 0. The van der Waals surface area contributed by atoms with Gasteiger partial charge in [0.25, 0.3) is 0 Å². The number of hydrogen-bond acceptors (Lipinski definition) is 4. The predicted molar refractivity (Wildman–Crippen MR) is 68.9 cm³/mol. The first-order chi connectivity index (χ1) is 8.08. The second kappa shape index (κ2) is 7.01. The molecule has 0 radical (unpaired) electrons. The molecule has 4 nitrogen and oxygen atoms in total. The largest absolute Gasteiger partial charge is 0.476 e. The van der Waals surface area contributed by atoms with Crippen molar-refractivity contribution in [3.63, 3.8) is 0 Å². The van der Waals surface area contributed by atoms with Gasteiger partial charge in [-0.05, 0) is 13.0 Å². The van der Waals surface area contributed by atoms with Crippen molar-refractivity contribution in [3.05, 3.63) is 30.0 Å². The second-order valence-corrected chi connectivity index (χ2v) is 4.45. The van der Waals surface area contributed by atoms with Crippen LogP contribution in [0.2, 0.25) is 0 Å². The van der Waals surface area contributed by atoms with E-state index in [-0.39, 0.29) is 0 Å². The molecule has 17 heavy (non-hydrogen) atoms.